The zero-order valence-electron chi connectivity index (χ0n) is 70.9. The molecule has 0 fully saturated rings. The minimum absolute atomic E-state index is 0.00547. The number of carbonyl (C=O) groups is 4. The van der Waals surface area contributed by atoms with E-state index in [1.165, 1.54) is 54.6 Å². The number of nitrogens with zero attached hydrogens (tertiary/aromatic N) is 12. The summed E-state index contributed by atoms with van der Waals surface area (Å²) in [5.74, 6) is -2.67. The molecular weight excluding hydrogens is 1850 g/mol. The molecule has 672 valence electrons. The first kappa shape index (κ1) is 93.8. The number of aromatic nitrogens is 9. The van der Waals surface area contributed by atoms with Crippen molar-refractivity contribution in [3.05, 3.63) is 399 Å². The van der Waals surface area contributed by atoms with Crippen LogP contribution < -0.4 is 16.0 Å². The number of rotatable bonds is 20. The van der Waals surface area contributed by atoms with Crippen LogP contribution in [-0.4, -0.2) is 124 Å². The average Bonchev–Trinajstić information content (AvgIpc) is 1.55. The Labute approximate surface area is 788 Å². The Morgan fingerprint density at radius 1 is 0.417 bits per heavy atom. The summed E-state index contributed by atoms with van der Waals surface area (Å²) in [5.41, 5.74) is 11.8. The Kier molecular flexibility index (Phi) is 29.0. The molecule has 0 saturated heterocycles. The molecule has 17 rings (SSSR count). The molecule has 8 aromatic carbocycles. The number of fused-ring (bicyclic) bond motifs is 3. The van der Waals surface area contributed by atoms with Gasteiger partial charge in [-0.25, -0.2) is 48.8 Å². The van der Waals surface area contributed by atoms with E-state index in [0.717, 1.165) is 17.4 Å². The SMILES string of the molecule is CC(NC(=O)c1nn(-c2ccc(Cl)cc2Cl)c2c1CN(C(=O)OCc1ccccc1)C/C2=C\c1ccc(F)cc1)c1ccccn1.CC(NC(=O)c1nn(-c2ccc(Cl)cc2Cl)c2c1CN(S(C)(=O)=O)C/C2=C\c1ccc(F)cc1)c1ccccn1.Cc1ccc(S(=O)(=O)N2C/C(=C\c3ccc(F)cc3)c3c(c(C(=O)NC(C)c4ccccn4)nn3-c3ccc(Cl)cc3Cl)C2)cc1. The molecule has 3 atom stereocenters. The van der Waals surface area contributed by atoms with E-state index in [1.54, 1.807) is 200 Å². The second-order valence-corrected chi connectivity index (χ2v) is 37.5. The van der Waals surface area contributed by atoms with Crippen LogP contribution in [0.1, 0.15) is 149 Å². The number of aryl methyl sites for hydroxylation is 1. The standard InChI is InChI=1S/C35H28Cl2FN5O3.C34H28Cl2FN5O3S.C28H24Cl2FN5O3S/c1-22(30-9-5-6-16-39-30)40-34(44)32-28-20-42(35(45)46-21-24-7-3-2-4-8-24)19-25(17-23-10-13-27(38)14-11-23)33(28)43(41-32)31-15-12-26(36)18-29(31)37;1-21-6-13-27(14-7-21)46(44,45)41-19-24(17-23-8-11-26(37)12-9-23)33-28(20-41)32(34(43)39-22(2)30-5-3-4-16-38-30)40-42(33)31-15-10-25(35)18-29(31)36;1-17(24-5-3-4-12-32-24)33-28(37)26-22-16-35(40(2,38)39)15-19(13-18-6-9-21(31)10-7-18)27(22)36(34-26)25-11-8-20(29)14-23(25)30/h2-18,22H,19-21H2,1H3,(H,40,44);3-18,22H,19-20H2,1-2H3,(H,39,43);3-14,17H,15-16H2,1-2H3,(H,33,37)/b25-17+;24-17+;19-13+. The van der Waals surface area contributed by atoms with Crippen LogP contribution in [-0.2, 0) is 51.0 Å². The van der Waals surface area contributed by atoms with Gasteiger partial charge in [-0.05, 0) is 224 Å². The largest absolute Gasteiger partial charge is 0.445 e. The van der Waals surface area contributed by atoms with Gasteiger partial charge in [0.2, 0.25) is 20.0 Å². The number of hydrogen-bond donors (Lipinski definition) is 3. The summed E-state index contributed by atoms with van der Waals surface area (Å²) < 4.78 is 108. The number of amides is 4. The summed E-state index contributed by atoms with van der Waals surface area (Å²) in [6.07, 6.45) is 10.8. The molecule has 132 heavy (non-hydrogen) atoms. The van der Waals surface area contributed by atoms with Gasteiger partial charge in [0, 0.05) is 76.5 Å². The van der Waals surface area contributed by atoms with Gasteiger partial charge in [0.1, 0.15) is 24.1 Å². The number of ether oxygens (including phenoxy) is 1. The Hall–Kier alpha value is -12.9. The summed E-state index contributed by atoms with van der Waals surface area (Å²) in [6.45, 7) is 7.27. The number of benzene rings is 8. The predicted octanol–water partition coefficient (Wildman–Crippen LogP) is 20.7. The van der Waals surface area contributed by atoms with Crippen molar-refractivity contribution < 1.29 is 53.9 Å². The lowest BCUT2D eigenvalue weighted by atomic mass is 9.97. The first-order valence-corrected chi connectivity index (χ1v) is 46.6. The van der Waals surface area contributed by atoms with Crippen molar-refractivity contribution in [1.82, 2.24) is 73.8 Å². The van der Waals surface area contributed by atoms with Gasteiger partial charge in [-0.1, -0.05) is 172 Å². The first-order valence-electron chi connectivity index (χ1n) is 41.0. The second-order valence-electron chi connectivity index (χ2n) is 31.1. The van der Waals surface area contributed by atoms with Gasteiger partial charge in [-0.3, -0.25) is 34.2 Å². The zero-order valence-corrected chi connectivity index (χ0v) is 77.1. The fourth-order valence-electron chi connectivity index (χ4n) is 15.1. The molecule has 6 aromatic heterocycles. The van der Waals surface area contributed by atoms with Crippen molar-refractivity contribution in [2.45, 2.75) is 77.0 Å². The van der Waals surface area contributed by atoms with Crippen molar-refractivity contribution in [3.63, 3.8) is 0 Å². The molecule has 3 N–H and O–H groups in total. The molecule has 35 heteroatoms. The Balaban J connectivity index is 0.000000152. The van der Waals surface area contributed by atoms with Crippen LogP contribution in [0.2, 0.25) is 30.1 Å². The first-order chi connectivity index (χ1) is 63.3. The van der Waals surface area contributed by atoms with Crippen LogP contribution in [0.4, 0.5) is 18.0 Å². The van der Waals surface area contributed by atoms with Gasteiger partial charge >= 0.3 is 6.09 Å². The summed E-state index contributed by atoms with van der Waals surface area (Å²) in [4.78, 5) is 69.6. The molecule has 9 heterocycles. The lowest BCUT2D eigenvalue weighted by molar-refractivity contribution is 0.0914. The molecule has 0 bridgehead atoms. The molecule has 0 spiro atoms. The summed E-state index contributed by atoms with van der Waals surface area (Å²) in [7, 11) is -7.69. The van der Waals surface area contributed by atoms with Crippen LogP contribution >= 0.6 is 69.6 Å². The molecule has 14 aromatic rings. The quantitative estimate of drug-likeness (QED) is 0.0639. The third kappa shape index (κ3) is 21.8. The lowest BCUT2D eigenvalue weighted by Gasteiger charge is -2.29. The van der Waals surface area contributed by atoms with Crippen molar-refractivity contribution in [1.29, 1.82) is 0 Å². The minimum atomic E-state index is -4.02. The van der Waals surface area contributed by atoms with E-state index in [1.807, 2.05) is 74.5 Å². The third-order valence-corrected chi connectivity index (χ3v) is 26.3. The van der Waals surface area contributed by atoms with Crippen LogP contribution in [0.15, 0.2) is 260 Å². The minimum Gasteiger partial charge on any atom is -0.445 e. The summed E-state index contributed by atoms with van der Waals surface area (Å²) in [6, 6.07) is 63.2. The van der Waals surface area contributed by atoms with Gasteiger partial charge in [-0.15, -0.1) is 0 Å². The highest BCUT2D eigenvalue weighted by atomic mass is 35.5. The van der Waals surface area contributed by atoms with Crippen LogP contribution in [0.3, 0.4) is 0 Å². The second kappa shape index (κ2) is 40.8. The Morgan fingerprint density at radius 2 is 0.758 bits per heavy atom. The Bertz CT molecular complexity index is 7030. The van der Waals surface area contributed by atoms with Crippen molar-refractivity contribution in [2.75, 3.05) is 25.9 Å². The smallest absolute Gasteiger partial charge is 0.410 e. The van der Waals surface area contributed by atoms with Gasteiger partial charge in [0.15, 0.2) is 17.1 Å². The van der Waals surface area contributed by atoms with E-state index in [0.29, 0.717) is 126 Å². The maximum Gasteiger partial charge on any atom is 0.410 e. The van der Waals surface area contributed by atoms with E-state index >= 15 is 0 Å². The predicted molar refractivity (Wildman–Crippen MR) is 505 cm³/mol. The van der Waals surface area contributed by atoms with E-state index in [4.69, 9.17) is 84.5 Å². The fraction of sp³-hybridized carbons (Fsp3) is 0.155. The molecule has 3 aliphatic rings. The van der Waals surface area contributed by atoms with E-state index in [-0.39, 0.29) is 78.7 Å². The molecule has 0 radical (unpaired) electrons. The van der Waals surface area contributed by atoms with Crippen LogP contribution in [0, 0.1) is 24.4 Å². The maximum absolute atomic E-state index is 14.0. The van der Waals surface area contributed by atoms with Crippen LogP contribution in [0.25, 0.3) is 52.0 Å². The number of sulfonamides is 2. The molecule has 3 unspecified atom stereocenters. The lowest BCUT2D eigenvalue weighted by Crippen LogP contribution is -2.37. The summed E-state index contributed by atoms with van der Waals surface area (Å²) >= 11 is 38.4. The molecule has 3 aliphatic heterocycles. The highest BCUT2D eigenvalue weighted by molar-refractivity contribution is 7.89. The number of nitrogens with one attached hydrogen (secondary N) is 3. The van der Waals surface area contributed by atoms with Gasteiger partial charge in [0.05, 0.1) is 109 Å². The van der Waals surface area contributed by atoms with E-state index in [2.05, 4.69) is 36.0 Å². The monoisotopic (exact) mass is 1930 g/mol. The summed E-state index contributed by atoms with van der Waals surface area (Å²) in [5, 5.41) is 25.2. The Morgan fingerprint density at radius 3 is 1.11 bits per heavy atom. The molecule has 4 amide bonds. The molecule has 0 aliphatic carbocycles. The van der Waals surface area contributed by atoms with Gasteiger partial charge in [-0.2, -0.15) is 23.9 Å². The highest BCUT2D eigenvalue weighted by Crippen LogP contribution is 2.42. The molecule has 24 nitrogen and oxygen atoms in total. The number of halogens is 9. The molecular formula is C97H80Cl6F3N15O9S2. The fourth-order valence-corrected chi connectivity index (χ4v) is 18.7. The number of carbonyl (C=O) groups excluding carboxylic acids is 4. The average molecular weight is 1930 g/mol. The third-order valence-electron chi connectivity index (χ3n) is 21.7. The van der Waals surface area contributed by atoms with E-state index in [9.17, 15) is 49.2 Å². The number of hydrogen-bond acceptors (Lipinski definition) is 15. The van der Waals surface area contributed by atoms with Crippen molar-refractivity contribution in [3.8, 4) is 17.1 Å². The zero-order chi connectivity index (χ0) is 93.4. The van der Waals surface area contributed by atoms with Gasteiger partial charge < -0.3 is 20.7 Å². The van der Waals surface area contributed by atoms with Crippen molar-refractivity contribution in [2.24, 2.45) is 0 Å². The normalized spacial score (nSPS) is 14.9. The topological polar surface area (TPSA) is 284 Å². The van der Waals surface area contributed by atoms with Crippen LogP contribution in [0.5, 0.6) is 0 Å². The molecule has 0 saturated carbocycles. The van der Waals surface area contributed by atoms with Gasteiger partial charge in [0.25, 0.3) is 17.7 Å². The highest BCUT2D eigenvalue weighted by Gasteiger charge is 2.41. The van der Waals surface area contributed by atoms with Crippen molar-refractivity contribution >= 4 is 148 Å². The number of pyridine rings is 3. The van der Waals surface area contributed by atoms with E-state index < -0.39 is 73.6 Å². The maximum atomic E-state index is 14.0.